The molecule has 1 atom stereocenters. The summed E-state index contributed by atoms with van der Waals surface area (Å²) in [7, 11) is 0. The van der Waals surface area contributed by atoms with Crippen LogP contribution in [0.1, 0.15) is 16.8 Å². The van der Waals surface area contributed by atoms with Gasteiger partial charge in [0.15, 0.2) is 11.4 Å². The van der Waals surface area contributed by atoms with E-state index in [0.29, 0.717) is 31.6 Å². The van der Waals surface area contributed by atoms with Crippen molar-refractivity contribution in [2.45, 2.75) is 19.0 Å². The average Bonchev–Trinajstić information content (AvgIpc) is 3.39. The fourth-order valence-electron chi connectivity index (χ4n) is 3.50. The zero-order valence-electron chi connectivity index (χ0n) is 16.5. The summed E-state index contributed by atoms with van der Waals surface area (Å²) in [5.74, 6) is -1.76. The second-order valence-electron chi connectivity index (χ2n) is 7.35. The first-order valence-corrected chi connectivity index (χ1v) is 9.77. The summed E-state index contributed by atoms with van der Waals surface area (Å²) in [6.07, 6.45) is -8.15. The van der Waals surface area contributed by atoms with Crippen molar-refractivity contribution in [2.24, 2.45) is 5.92 Å². The van der Waals surface area contributed by atoms with E-state index in [0.717, 1.165) is 6.07 Å². The Labute approximate surface area is 179 Å². The van der Waals surface area contributed by atoms with Crippen LogP contribution in [-0.4, -0.2) is 48.0 Å². The molecule has 1 aromatic heterocycles. The number of rotatable bonds is 7. The first-order chi connectivity index (χ1) is 15.2. The molecule has 1 N–H and O–H groups in total. The number of carbonyl (C=O) groups excluding carboxylic acids is 1. The summed E-state index contributed by atoms with van der Waals surface area (Å²) in [4.78, 5) is 18.4. The minimum absolute atomic E-state index is 0.0191. The third-order valence-electron chi connectivity index (χ3n) is 5.10. The van der Waals surface area contributed by atoms with Crippen LogP contribution in [0.3, 0.4) is 0 Å². The molecule has 1 aliphatic heterocycles. The number of anilines is 1. The summed E-state index contributed by atoms with van der Waals surface area (Å²) >= 11 is 0. The molecule has 6 nitrogen and oxygen atoms in total. The van der Waals surface area contributed by atoms with Gasteiger partial charge in [-0.15, -0.1) is 0 Å². The second kappa shape index (κ2) is 8.64. The highest BCUT2D eigenvalue weighted by Gasteiger charge is 2.44. The highest BCUT2D eigenvalue weighted by Crippen LogP contribution is 2.31. The molecule has 32 heavy (non-hydrogen) atoms. The number of amides is 1. The van der Waals surface area contributed by atoms with Gasteiger partial charge in [-0.1, -0.05) is 18.2 Å². The maximum atomic E-state index is 13.7. The summed E-state index contributed by atoms with van der Waals surface area (Å²) in [6.45, 7) is 1.01. The largest absolute Gasteiger partial charge is 0.461 e. The van der Waals surface area contributed by atoms with E-state index < -0.39 is 30.0 Å². The number of ether oxygens (including phenoxy) is 1. The van der Waals surface area contributed by atoms with Crippen molar-refractivity contribution < 1.29 is 35.9 Å². The maximum absolute atomic E-state index is 13.7. The van der Waals surface area contributed by atoms with Crippen LogP contribution in [-0.2, 0) is 0 Å². The van der Waals surface area contributed by atoms with E-state index in [-0.39, 0.29) is 23.1 Å². The molecule has 0 saturated carbocycles. The molecule has 4 rings (SSSR count). The lowest BCUT2D eigenvalue weighted by atomic mass is 10.1. The molecule has 0 unspecified atom stereocenters. The van der Waals surface area contributed by atoms with Crippen molar-refractivity contribution in [1.29, 1.82) is 0 Å². The lowest BCUT2D eigenvalue weighted by Gasteiger charge is -2.21. The van der Waals surface area contributed by atoms with Gasteiger partial charge in [-0.2, -0.15) is 22.5 Å². The van der Waals surface area contributed by atoms with E-state index in [2.05, 4.69) is 15.0 Å². The second-order valence-corrected chi connectivity index (χ2v) is 7.35. The predicted molar refractivity (Wildman–Crippen MR) is 104 cm³/mol. The number of nitrogens with zero attached hydrogens (tertiary/aromatic N) is 2. The molecule has 1 amide bonds. The van der Waals surface area contributed by atoms with Crippen LogP contribution in [0.4, 0.5) is 28.0 Å². The molecular weight excluding hydrogens is 437 g/mol. The summed E-state index contributed by atoms with van der Waals surface area (Å²) in [5.41, 5.74) is 0.180. The molecule has 1 aliphatic rings. The SMILES string of the molecule is O=C(c1ccccc1OC(F)(F)C(F)F)N1CC[C@H](CNc2nc3cccc(F)c3o2)C1. The van der Waals surface area contributed by atoms with Crippen molar-refractivity contribution in [3.63, 3.8) is 0 Å². The number of hydrogen-bond donors (Lipinski definition) is 1. The monoisotopic (exact) mass is 455 g/mol. The van der Waals surface area contributed by atoms with Crippen molar-refractivity contribution in [3.05, 3.63) is 53.8 Å². The lowest BCUT2D eigenvalue weighted by Crippen LogP contribution is -2.35. The van der Waals surface area contributed by atoms with Crippen LogP contribution in [0.5, 0.6) is 5.75 Å². The highest BCUT2D eigenvalue weighted by atomic mass is 19.3. The number of carbonyl (C=O) groups is 1. The van der Waals surface area contributed by atoms with Gasteiger partial charge in [-0.3, -0.25) is 4.79 Å². The topological polar surface area (TPSA) is 67.6 Å². The third kappa shape index (κ3) is 4.46. The van der Waals surface area contributed by atoms with E-state index in [9.17, 15) is 26.7 Å². The fourth-order valence-corrected chi connectivity index (χ4v) is 3.50. The van der Waals surface area contributed by atoms with Crippen LogP contribution >= 0.6 is 0 Å². The quantitative estimate of drug-likeness (QED) is 0.520. The van der Waals surface area contributed by atoms with Gasteiger partial charge < -0.3 is 19.4 Å². The number of oxazole rings is 1. The van der Waals surface area contributed by atoms with Crippen molar-refractivity contribution in [3.8, 4) is 5.75 Å². The van der Waals surface area contributed by atoms with Gasteiger partial charge in [0.1, 0.15) is 11.3 Å². The molecule has 0 spiro atoms. The van der Waals surface area contributed by atoms with E-state index in [4.69, 9.17) is 4.42 Å². The molecule has 2 heterocycles. The number of aromatic nitrogens is 1. The molecule has 2 aromatic carbocycles. The first-order valence-electron chi connectivity index (χ1n) is 9.77. The molecule has 0 bridgehead atoms. The van der Waals surface area contributed by atoms with Crippen LogP contribution in [0, 0.1) is 11.7 Å². The Morgan fingerprint density at radius 2 is 2.03 bits per heavy atom. The Morgan fingerprint density at radius 1 is 1.25 bits per heavy atom. The van der Waals surface area contributed by atoms with Gasteiger partial charge in [0.25, 0.3) is 11.9 Å². The molecular formula is C21H18F5N3O3. The summed E-state index contributed by atoms with van der Waals surface area (Å²) < 4.78 is 74.9. The Kier molecular flexibility index (Phi) is 5.90. The van der Waals surface area contributed by atoms with Gasteiger partial charge in [0.2, 0.25) is 0 Å². The zero-order chi connectivity index (χ0) is 22.9. The Hall–Kier alpha value is -3.37. The van der Waals surface area contributed by atoms with Gasteiger partial charge in [0, 0.05) is 19.6 Å². The Morgan fingerprint density at radius 3 is 2.78 bits per heavy atom. The number of benzene rings is 2. The van der Waals surface area contributed by atoms with Crippen LogP contribution in [0.25, 0.3) is 11.1 Å². The van der Waals surface area contributed by atoms with Crippen LogP contribution in [0.15, 0.2) is 46.9 Å². The highest BCUT2D eigenvalue weighted by molar-refractivity contribution is 5.97. The molecule has 3 aromatic rings. The summed E-state index contributed by atoms with van der Waals surface area (Å²) in [6, 6.07) is 9.57. The third-order valence-corrected chi connectivity index (χ3v) is 5.10. The molecule has 11 heteroatoms. The number of fused-ring (bicyclic) bond motifs is 1. The average molecular weight is 455 g/mol. The molecule has 170 valence electrons. The minimum atomic E-state index is -4.72. The van der Waals surface area contributed by atoms with Gasteiger partial charge in [0.05, 0.1) is 5.56 Å². The number of nitrogens with one attached hydrogen (secondary N) is 1. The number of para-hydroxylation sites is 2. The smallest absolute Gasteiger partial charge is 0.427 e. The van der Waals surface area contributed by atoms with E-state index in [1.165, 1.54) is 35.2 Å². The number of likely N-dealkylation sites (tertiary alicyclic amines) is 1. The van der Waals surface area contributed by atoms with E-state index in [1.54, 1.807) is 6.07 Å². The molecule has 0 radical (unpaired) electrons. The predicted octanol–water partition coefficient (Wildman–Crippen LogP) is 4.78. The molecule has 0 aliphatic carbocycles. The molecule has 1 saturated heterocycles. The van der Waals surface area contributed by atoms with Crippen molar-refractivity contribution >= 4 is 23.0 Å². The zero-order valence-corrected chi connectivity index (χ0v) is 16.5. The standard InChI is InChI=1S/C21H18F5N3O3/c22-14-5-3-6-15-17(14)31-20(28-15)27-10-12-8-9-29(11-12)18(30)13-4-1-2-7-16(13)32-21(25,26)19(23)24/h1-7,12,19H,8-11H2,(H,27,28)/t12-/m1/s1. The van der Waals surface area contributed by atoms with E-state index in [1.807, 2.05) is 0 Å². The van der Waals surface area contributed by atoms with Gasteiger partial charge in [-0.05, 0) is 36.6 Å². The number of halogens is 5. The number of hydrogen-bond acceptors (Lipinski definition) is 5. The minimum Gasteiger partial charge on any atom is -0.427 e. The van der Waals surface area contributed by atoms with Crippen LogP contribution < -0.4 is 10.1 Å². The van der Waals surface area contributed by atoms with Gasteiger partial charge in [-0.25, -0.2) is 4.39 Å². The summed E-state index contributed by atoms with van der Waals surface area (Å²) in [5, 5.41) is 2.97. The van der Waals surface area contributed by atoms with Crippen LogP contribution in [0.2, 0.25) is 0 Å². The van der Waals surface area contributed by atoms with Crippen molar-refractivity contribution in [1.82, 2.24) is 9.88 Å². The maximum Gasteiger partial charge on any atom is 0.461 e. The lowest BCUT2D eigenvalue weighted by molar-refractivity contribution is -0.253. The van der Waals surface area contributed by atoms with Crippen molar-refractivity contribution in [2.75, 3.05) is 25.0 Å². The Bertz CT molecular complexity index is 1120. The molecule has 1 fully saturated rings. The normalized spacial score (nSPS) is 16.7. The Balaban J connectivity index is 1.39. The first kappa shape index (κ1) is 21.8. The van der Waals surface area contributed by atoms with Gasteiger partial charge >= 0.3 is 12.5 Å². The number of alkyl halides is 4. The fraction of sp³-hybridized carbons (Fsp3) is 0.333. The van der Waals surface area contributed by atoms with E-state index >= 15 is 0 Å².